The first-order chi connectivity index (χ1) is 9.00. The molecule has 0 bridgehead atoms. The van der Waals surface area contributed by atoms with E-state index in [9.17, 15) is 0 Å². The van der Waals surface area contributed by atoms with Gasteiger partial charge in [-0.15, -0.1) is 0 Å². The van der Waals surface area contributed by atoms with Crippen LogP contribution in [0.2, 0.25) is 0 Å². The Balaban J connectivity index is 4.56. The van der Waals surface area contributed by atoms with Crippen LogP contribution in [0.5, 0.6) is 0 Å². The number of rotatable bonds is 8. The van der Waals surface area contributed by atoms with Gasteiger partial charge in [0.2, 0.25) is 0 Å². The van der Waals surface area contributed by atoms with E-state index in [4.69, 9.17) is 0 Å². The Morgan fingerprint density at radius 2 is 1.50 bits per heavy atom. The van der Waals surface area contributed by atoms with Crippen molar-refractivity contribution >= 4 is 0 Å². The van der Waals surface area contributed by atoms with E-state index in [1.54, 1.807) is 5.57 Å². The van der Waals surface area contributed by atoms with Crippen LogP contribution in [-0.4, -0.2) is 0 Å². The highest BCUT2D eigenvalue weighted by Crippen LogP contribution is 2.35. The second-order valence-corrected chi connectivity index (χ2v) is 8.38. The summed E-state index contributed by atoms with van der Waals surface area (Å²) in [6.07, 6.45) is 9.70. The molecule has 118 valence electrons. The van der Waals surface area contributed by atoms with Crippen LogP contribution >= 0.6 is 0 Å². The maximum absolute atomic E-state index is 2.48. The Morgan fingerprint density at radius 3 is 1.95 bits per heavy atom. The van der Waals surface area contributed by atoms with Crippen LogP contribution in [0.4, 0.5) is 0 Å². The maximum Gasteiger partial charge on any atom is -0.0268 e. The minimum absolute atomic E-state index is 0.373. The van der Waals surface area contributed by atoms with Crippen LogP contribution in [0.25, 0.3) is 0 Å². The van der Waals surface area contributed by atoms with Gasteiger partial charge in [-0.2, -0.15) is 0 Å². The van der Waals surface area contributed by atoms with E-state index in [2.05, 4.69) is 74.5 Å². The fourth-order valence-corrected chi connectivity index (χ4v) is 2.57. The Hall–Kier alpha value is -0.520. The van der Waals surface area contributed by atoms with Crippen molar-refractivity contribution in [3.8, 4) is 0 Å². The molecule has 0 nitrogen and oxygen atoms in total. The van der Waals surface area contributed by atoms with Gasteiger partial charge in [0.25, 0.3) is 0 Å². The predicted octanol–water partition coefficient (Wildman–Crippen LogP) is 7.17. The van der Waals surface area contributed by atoms with E-state index in [-0.39, 0.29) is 0 Å². The molecule has 0 rings (SSSR count). The van der Waals surface area contributed by atoms with Crippen LogP contribution in [-0.2, 0) is 0 Å². The highest BCUT2D eigenvalue weighted by molar-refractivity contribution is 5.05. The smallest absolute Gasteiger partial charge is 0.0268 e. The van der Waals surface area contributed by atoms with Crippen molar-refractivity contribution in [1.29, 1.82) is 0 Å². The van der Waals surface area contributed by atoms with E-state index in [0.29, 0.717) is 10.8 Å². The fourth-order valence-electron chi connectivity index (χ4n) is 2.57. The lowest BCUT2D eigenvalue weighted by Crippen LogP contribution is -2.20. The lowest BCUT2D eigenvalue weighted by atomic mass is 9.75. The first-order valence-corrected chi connectivity index (χ1v) is 8.29. The maximum atomic E-state index is 2.48. The first kappa shape index (κ1) is 19.5. The van der Waals surface area contributed by atoms with Crippen molar-refractivity contribution in [2.45, 2.75) is 88.0 Å². The molecule has 0 saturated carbocycles. The van der Waals surface area contributed by atoms with Gasteiger partial charge in [-0.05, 0) is 56.8 Å². The quantitative estimate of drug-likeness (QED) is 0.413. The zero-order chi connectivity index (χ0) is 16.0. The van der Waals surface area contributed by atoms with Gasteiger partial charge in [0, 0.05) is 0 Å². The molecule has 0 fully saturated rings. The molecule has 0 heteroatoms. The number of hydrogen-bond acceptors (Lipinski definition) is 0. The lowest BCUT2D eigenvalue weighted by Gasteiger charge is -2.31. The standard InChI is InChI=1S/C20H38/c1-10-18(5)20(8,9)14-12-17(4)15-19(6,7)13-11-16(2)3/h11-12,18H,10,13-15H2,1-9H3. The Labute approximate surface area is 128 Å². The second-order valence-electron chi connectivity index (χ2n) is 8.38. The summed E-state index contributed by atoms with van der Waals surface area (Å²) < 4.78 is 0. The van der Waals surface area contributed by atoms with Gasteiger partial charge in [-0.1, -0.05) is 71.3 Å². The molecule has 1 unspecified atom stereocenters. The summed E-state index contributed by atoms with van der Waals surface area (Å²) in [5, 5.41) is 0. The van der Waals surface area contributed by atoms with Gasteiger partial charge >= 0.3 is 0 Å². The highest BCUT2D eigenvalue weighted by atomic mass is 14.3. The van der Waals surface area contributed by atoms with Crippen molar-refractivity contribution in [3.63, 3.8) is 0 Å². The summed E-state index contributed by atoms with van der Waals surface area (Å²) >= 11 is 0. The topological polar surface area (TPSA) is 0 Å². The monoisotopic (exact) mass is 278 g/mol. The SMILES string of the molecule is CCC(C)C(C)(C)CC=C(C)CC(C)(C)CC=C(C)C. The number of allylic oxidation sites excluding steroid dienone is 4. The molecule has 0 aromatic carbocycles. The van der Waals surface area contributed by atoms with Crippen LogP contribution in [0.15, 0.2) is 23.3 Å². The van der Waals surface area contributed by atoms with Crippen molar-refractivity contribution in [3.05, 3.63) is 23.3 Å². The molecule has 0 saturated heterocycles. The summed E-state index contributed by atoms with van der Waals surface area (Å²) in [5.74, 6) is 0.783. The van der Waals surface area contributed by atoms with Gasteiger partial charge in [0.05, 0.1) is 0 Å². The zero-order valence-corrected chi connectivity index (χ0v) is 15.6. The lowest BCUT2D eigenvalue weighted by molar-refractivity contribution is 0.226. The van der Waals surface area contributed by atoms with E-state index < -0.39 is 0 Å². The van der Waals surface area contributed by atoms with Crippen LogP contribution in [0.3, 0.4) is 0 Å². The molecule has 0 aliphatic carbocycles. The van der Waals surface area contributed by atoms with E-state index >= 15 is 0 Å². The molecule has 0 aromatic rings. The fraction of sp³-hybridized carbons (Fsp3) is 0.800. The van der Waals surface area contributed by atoms with E-state index in [1.807, 2.05) is 0 Å². The van der Waals surface area contributed by atoms with Gasteiger partial charge in [-0.25, -0.2) is 0 Å². The van der Waals surface area contributed by atoms with Crippen molar-refractivity contribution in [1.82, 2.24) is 0 Å². The third-order valence-electron chi connectivity index (χ3n) is 4.74. The summed E-state index contributed by atoms with van der Waals surface area (Å²) in [4.78, 5) is 0. The zero-order valence-electron chi connectivity index (χ0n) is 15.6. The van der Waals surface area contributed by atoms with Gasteiger partial charge < -0.3 is 0 Å². The average Bonchev–Trinajstić information content (AvgIpc) is 2.32. The predicted molar refractivity (Wildman–Crippen MR) is 94.1 cm³/mol. The molecular weight excluding hydrogens is 240 g/mol. The van der Waals surface area contributed by atoms with E-state index in [0.717, 1.165) is 5.92 Å². The summed E-state index contributed by atoms with van der Waals surface area (Å²) in [5.41, 5.74) is 3.77. The highest BCUT2D eigenvalue weighted by Gasteiger charge is 2.23. The summed E-state index contributed by atoms with van der Waals surface area (Å²) in [6.45, 7) is 20.9. The van der Waals surface area contributed by atoms with Crippen molar-refractivity contribution in [2.75, 3.05) is 0 Å². The molecular formula is C20H38. The normalized spacial score (nSPS) is 15.2. The molecule has 20 heavy (non-hydrogen) atoms. The van der Waals surface area contributed by atoms with Gasteiger partial charge in [0.15, 0.2) is 0 Å². The summed E-state index contributed by atoms with van der Waals surface area (Å²) in [6, 6.07) is 0. The molecule has 0 amide bonds. The Morgan fingerprint density at radius 1 is 0.950 bits per heavy atom. The molecule has 0 aliphatic rings. The molecule has 0 spiro atoms. The van der Waals surface area contributed by atoms with Gasteiger partial charge in [-0.3, -0.25) is 0 Å². The molecule has 0 radical (unpaired) electrons. The minimum Gasteiger partial charge on any atom is -0.0853 e. The van der Waals surface area contributed by atoms with Crippen LogP contribution in [0, 0.1) is 16.7 Å². The Bertz CT molecular complexity index is 335. The summed E-state index contributed by atoms with van der Waals surface area (Å²) in [7, 11) is 0. The molecule has 0 N–H and O–H groups in total. The third kappa shape index (κ3) is 7.92. The minimum atomic E-state index is 0.373. The van der Waals surface area contributed by atoms with E-state index in [1.165, 1.54) is 31.3 Å². The molecule has 0 heterocycles. The second kappa shape index (κ2) is 8.05. The van der Waals surface area contributed by atoms with Gasteiger partial charge in [0.1, 0.15) is 0 Å². The van der Waals surface area contributed by atoms with Crippen LogP contribution in [0.1, 0.15) is 88.0 Å². The number of hydrogen-bond donors (Lipinski definition) is 0. The Kier molecular flexibility index (Phi) is 7.84. The largest absolute Gasteiger partial charge is 0.0853 e. The first-order valence-electron chi connectivity index (χ1n) is 8.29. The molecule has 0 aromatic heterocycles. The van der Waals surface area contributed by atoms with Crippen LogP contribution < -0.4 is 0 Å². The average molecular weight is 279 g/mol. The van der Waals surface area contributed by atoms with Crippen molar-refractivity contribution < 1.29 is 0 Å². The molecule has 0 aliphatic heterocycles. The molecule has 1 atom stereocenters. The van der Waals surface area contributed by atoms with Crippen molar-refractivity contribution in [2.24, 2.45) is 16.7 Å². The third-order valence-corrected chi connectivity index (χ3v) is 4.74.